The fraction of sp³-hybridized carbons (Fsp3) is 0.532. The van der Waals surface area contributed by atoms with Gasteiger partial charge in [-0.15, -0.1) is 0 Å². The fourth-order valence-corrected chi connectivity index (χ4v) is 11.4. The first-order chi connectivity index (χ1) is 48.7. The molecule has 8 bridgehead atoms. The lowest BCUT2D eigenvalue weighted by molar-refractivity contribution is -0.156. The van der Waals surface area contributed by atoms with E-state index in [1.54, 1.807) is 69.3 Å². The Hall–Kier alpha value is -9.21. The van der Waals surface area contributed by atoms with Crippen LogP contribution < -0.4 is 18.9 Å². The number of ketones is 4. The van der Waals surface area contributed by atoms with E-state index in [1.807, 2.05) is 27.7 Å². The number of unbranched alkanes of at least 4 members (excludes halogenated alkanes) is 8. The van der Waals surface area contributed by atoms with E-state index in [4.69, 9.17) is 52.1 Å². The van der Waals surface area contributed by atoms with Crippen LogP contribution in [0, 0.1) is 0 Å². The molecular formula is C79H102O22. The Morgan fingerprint density at radius 1 is 0.297 bits per heavy atom. The number of benzene rings is 4. The van der Waals surface area contributed by atoms with E-state index in [2.05, 4.69) is 6.58 Å². The van der Waals surface area contributed by atoms with E-state index in [-0.39, 0.29) is 181 Å². The first-order valence-electron chi connectivity index (χ1n) is 35.7. The molecule has 0 aliphatic heterocycles. The van der Waals surface area contributed by atoms with Crippen molar-refractivity contribution >= 4 is 64.9 Å². The molecule has 22 nitrogen and oxygen atoms in total. The summed E-state index contributed by atoms with van der Waals surface area (Å²) in [4.78, 5) is 148. The van der Waals surface area contributed by atoms with Gasteiger partial charge in [0.2, 0.25) is 0 Å². The van der Waals surface area contributed by atoms with Crippen LogP contribution in [0.15, 0.2) is 60.7 Å². The van der Waals surface area contributed by atoms with Gasteiger partial charge >= 0.3 is 41.8 Å². The standard InChI is InChI=1S/C79H102O22/c1-10-17-21-25-65(80)53-37-57-45-59-39-54(66(81)26-22-18-11-2)41-61(76(59)98-33-30-95-73(88)50-70(85)92-15-6)47-63-43-56(68(83)28-24-20-13-4)44-64(78(63)100-35-36-101-79(90)52(8)9)48-62-42-55(67(82)27-23-19-12-3)40-60(77(62)99-34-31-96-74(89)51-71(86)93-16-7)46-58(38-53)75(57)97-32-29-94-72(87)49-69(84)91-14-5/h37-44H,8,10-36,45-51H2,1-7,9H3. The van der Waals surface area contributed by atoms with Crippen LogP contribution in [-0.2, 0) is 92.4 Å². The molecule has 0 heterocycles. The summed E-state index contributed by atoms with van der Waals surface area (Å²) in [6.07, 6.45) is 6.85. The lowest BCUT2D eigenvalue weighted by Gasteiger charge is -2.25. The summed E-state index contributed by atoms with van der Waals surface area (Å²) in [5, 5.41) is 0. The summed E-state index contributed by atoms with van der Waals surface area (Å²) in [6, 6.07) is 13.7. The number of esters is 7. The van der Waals surface area contributed by atoms with Gasteiger partial charge in [-0.05, 0) is 146 Å². The number of ether oxygens (including phenoxy) is 11. The van der Waals surface area contributed by atoms with Crippen LogP contribution in [0.3, 0.4) is 0 Å². The molecule has 0 spiro atoms. The molecule has 22 heteroatoms. The molecule has 5 rings (SSSR count). The van der Waals surface area contributed by atoms with Gasteiger partial charge in [-0.3, -0.25) is 47.9 Å². The number of carbonyl (C=O) groups is 11. The van der Waals surface area contributed by atoms with Gasteiger partial charge in [0.1, 0.15) is 95.1 Å². The molecule has 0 aromatic heterocycles. The molecule has 4 aromatic carbocycles. The van der Waals surface area contributed by atoms with Gasteiger partial charge in [-0.2, -0.15) is 0 Å². The smallest absolute Gasteiger partial charge is 0.333 e. The number of carbonyl (C=O) groups excluding carboxylic acids is 11. The minimum absolute atomic E-state index is 0.0428. The van der Waals surface area contributed by atoms with Crippen LogP contribution in [0.5, 0.6) is 23.0 Å². The van der Waals surface area contributed by atoms with Gasteiger partial charge in [0.15, 0.2) is 23.1 Å². The largest absolute Gasteiger partial charge is 0.489 e. The first kappa shape index (κ1) is 82.5. The third-order valence-corrected chi connectivity index (χ3v) is 16.3. The van der Waals surface area contributed by atoms with Gasteiger partial charge in [-0.1, -0.05) is 85.6 Å². The van der Waals surface area contributed by atoms with Crippen molar-refractivity contribution in [2.45, 2.75) is 203 Å². The SMILES string of the molecule is C=C(C)C(=O)OCCOc1c2cc(C(=O)CCCCC)cc1Cc1cc(C(=O)CCCCC)cc(c1OCCOC(=O)CC(=O)OCC)Cc1cc(C(=O)CCCCC)cc(c1OCCOC(=O)CC(=O)OCC)Cc1cc(C(=O)CCCCC)cc(c1OCCOC(=O)CC(=O)OCC)C2. The molecule has 0 unspecified atom stereocenters. The van der Waals surface area contributed by atoms with Crippen molar-refractivity contribution in [2.75, 3.05) is 72.7 Å². The van der Waals surface area contributed by atoms with E-state index in [9.17, 15) is 52.7 Å². The molecule has 1 aliphatic rings. The second-order valence-corrected chi connectivity index (χ2v) is 24.6. The average molecular weight is 1400 g/mol. The van der Waals surface area contributed by atoms with Crippen LogP contribution in [0.2, 0.25) is 0 Å². The molecule has 0 saturated carbocycles. The normalized spacial score (nSPS) is 11.5. The van der Waals surface area contributed by atoms with Crippen molar-refractivity contribution in [3.05, 3.63) is 127 Å². The van der Waals surface area contributed by atoms with E-state index in [0.717, 1.165) is 51.4 Å². The Bertz CT molecular complexity index is 3360. The Balaban J connectivity index is 2.00. The molecular weight excluding hydrogens is 1300 g/mol. The molecule has 4 aromatic rings. The van der Waals surface area contributed by atoms with Crippen LogP contribution in [-0.4, -0.2) is 138 Å². The summed E-state index contributed by atoms with van der Waals surface area (Å²) in [5.41, 5.74) is 4.52. The summed E-state index contributed by atoms with van der Waals surface area (Å²) in [6.45, 7) is 15.9. The molecule has 0 amide bonds. The average Bonchev–Trinajstić information content (AvgIpc) is 0.771. The number of hydrogen-bond donors (Lipinski definition) is 0. The van der Waals surface area contributed by atoms with Crippen LogP contribution in [0.25, 0.3) is 0 Å². The highest BCUT2D eigenvalue weighted by Crippen LogP contribution is 2.42. The van der Waals surface area contributed by atoms with Crippen molar-refractivity contribution in [1.29, 1.82) is 0 Å². The van der Waals surface area contributed by atoms with E-state index < -0.39 is 61.0 Å². The van der Waals surface area contributed by atoms with Gasteiger partial charge in [0.05, 0.1) is 19.8 Å². The molecule has 1 aliphatic carbocycles. The quantitative estimate of drug-likeness (QED) is 0.00873. The Kier molecular flexibility index (Phi) is 36.6. The van der Waals surface area contributed by atoms with E-state index in [1.165, 1.54) is 6.92 Å². The van der Waals surface area contributed by atoms with Crippen molar-refractivity contribution in [3.8, 4) is 23.0 Å². The highest BCUT2D eigenvalue weighted by atomic mass is 16.6. The second kappa shape index (κ2) is 44.8. The lowest BCUT2D eigenvalue weighted by atomic mass is 9.86. The molecule has 101 heavy (non-hydrogen) atoms. The lowest BCUT2D eigenvalue weighted by Crippen LogP contribution is -2.19. The number of rotatable bonds is 46. The zero-order valence-electron chi connectivity index (χ0n) is 60.3. The Morgan fingerprint density at radius 3 is 0.703 bits per heavy atom. The van der Waals surface area contributed by atoms with Gasteiger partial charge in [0, 0.05) is 79.2 Å². The topological polar surface area (TPSA) is 289 Å². The highest BCUT2D eigenvalue weighted by molar-refractivity contribution is 6.00. The van der Waals surface area contributed by atoms with Crippen molar-refractivity contribution < 1.29 is 105 Å². The van der Waals surface area contributed by atoms with E-state index >= 15 is 0 Å². The van der Waals surface area contributed by atoms with Crippen LogP contribution >= 0.6 is 0 Å². The maximum absolute atomic E-state index is 14.8. The van der Waals surface area contributed by atoms with Gasteiger partial charge in [-0.25, -0.2) is 4.79 Å². The molecule has 0 fully saturated rings. The third kappa shape index (κ3) is 28.0. The summed E-state index contributed by atoms with van der Waals surface area (Å²) in [5.74, 6) is -5.57. The second-order valence-electron chi connectivity index (χ2n) is 24.6. The van der Waals surface area contributed by atoms with Crippen molar-refractivity contribution in [3.63, 3.8) is 0 Å². The van der Waals surface area contributed by atoms with Crippen LogP contribution in [0.4, 0.5) is 0 Å². The summed E-state index contributed by atoms with van der Waals surface area (Å²) >= 11 is 0. The molecule has 0 atom stereocenters. The molecule has 0 saturated heterocycles. The predicted octanol–water partition coefficient (Wildman–Crippen LogP) is 13.5. The zero-order valence-corrected chi connectivity index (χ0v) is 60.3. The minimum Gasteiger partial charge on any atom is -0.489 e. The molecule has 550 valence electrons. The summed E-state index contributed by atoms with van der Waals surface area (Å²) in [7, 11) is 0. The first-order valence-corrected chi connectivity index (χ1v) is 35.7. The predicted molar refractivity (Wildman–Crippen MR) is 375 cm³/mol. The molecule has 0 N–H and O–H groups in total. The maximum Gasteiger partial charge on any atom is 0.333 e. The Morgan fingerprint density at radius 2 is 0.505 bits per heavy atom. The number of fused-ring (bicyclic) bond motifs is 8. The highest BCUT2D eigenvalue weighted by Gasteiger charge is 2.29. The van der Waals surface area contributed by atoms with E-state index in [0.29, 0.717) is 86.9 Å². The Labute approximate surface area is 593 Å². The minimum atomic E-state index is -0.873. The summed E-state index contributed by atoms with van der Waals surface area (Å²) < 4.78 is 64.3. The van der Waals surface area contributed by atoms with Gasteiger partial charge in [0.25, 0.3) is 0 Å². The maximum atomic E-state index is 14.8. The number of hydrogen-bond acceptors (Lipinski definition) is 22. The fourth-order valence-electron chi connectivity index (χ4n) is 11.4. The van der Waals surface area contributed by atoms with Gasteiger partial charge < -0.3 is 52.1 Å². The van der Waals surface area contributed by atoms with Crippen molar-refractivity contribution in [2.24, 2.45) is 0 Å². The van der Waals surface area contributed by atoms with Crippen LogP contribution in [0.1, 0.15) is 263 Å². The third-order valence-electron chi connectivity index (χ3n) is 16.3. The molecule has 0 radical (unpaired) electrons. The number of Topliss-reactive ketones (excluding diaryl/α,β-unsaturated/α-hetero) is 4. The monoisotopic (exact) mass is 1400 g/mol. The zero-order chi connectivity index (χ0) is 73.6. The van der Waals surface area contributed by atoms with Crippen molar-refractivity contribution in [1.82, 2.24) is 0 Å².